The highest BCUT2D eigenvalue weighted by Crippen LogP contribution is 2.19. The average molecular weight is 389 g/mol. The van der Waals surface area contributed by atoms with E-state index in [0.29, 0.717) is 22.0 Å². The van der Waals surface area contributed by atoms with Crippen LogP contribution in [0.25, 0.3) is 10.9 Å². The van der Waals surface area contributed by atoms with Gasteiger partial charge in [-0.2, -0.15) is 0 Å². The van der Waals surface area contributed by atoms with Gasteiger partial charge in [-0.15, -0.1) is 0 Å². The largest absolute Gasteiger partial charge is 0.347 e. The van der Waals surface area contributed by atoms with Gasteiger partial charge in [-0.1, -0.05) is 35.3 Å². The molecule has 0 aliphatic rings. The molecule has 1 aromatic heterocycles. The van der Waals surface area contributed by atoms with Crippen LogP contribution in [-0.2, 0) is 6.54 Å². The van der Waals surface area contributed by atoms with E-state index in [2.05, 4.69) is 5.32 Å². The molecule has 26 heavy (non-hydrogen) atoms. The van der Waals surface area contributed by atoms with Crippen molar-refractivity contribution in [1.82, 2.24) is 9.88 Å². The van der Waals surface area contributed by atoms with E-state index in [1.165, 1.54) is 0 Å². The van der Waals surface area contributed by atoms with Gasteiger partial charge in [-0.25, -0.2) is 0 Å². The quantitative estimate of drug-likeness (QED) is 0.696. The Morgan fingerprint density at radius 2 is 1.77 bits per heavy atom. The van der Waals surface area contributed by atoms with Crippen LogP contribution in [0, 0.1) is 0 Å². The normalized spacial score (nSPS) is 12.2. The number of hydrogen-bond acceptors (Lipinski definition) is 2. The summed E-state index contributed by atoms with van der Waals surface area (Å²) < 4.78 is 1.87. The predicted octanol–water partition coefficient (Wildman–Crippen LogP) is 4.82. The van der Waals surface area contributed by atoms with Crippen LogP contribution in [0.15, 0.2) is 53.5 Å². The topological polar surface area (TPSA) is 51.1 Å². The fourth-order valence-electron chi connectivity index (χ4n) is 2.90. The predicted molar refractivity (Wildman–Crippen MR) is 106 cm³/mol. The molecular weight excluding hydrogens is 371 g/mol. The van der Waals surface area contributed by atoms with Crippen LogP contribution >= 0.6 is 23.2 Å². The number of nitrogens with one attached hydrogen (secondary N) is 1. The summed E-state index contributed by atoms with van der Waals surface area (Å²) in [6, 6.07) is 12.1. The van der Waals surface area contributed by atoms with Gasteiger partial charge in [-0.05, 0) is 49.7 Å². The summed E-state index contributed by atoms with van der Waals surface area (Å²) in [6.07, 6.45) is 1.60. The lowest BCUT2D eigenvalue weighted by Crippen LogP contribution is -2.31. The molecule has 6 heteroatoms. The van der Waals surface area contributed by atoms with Gasteiger partial charge in [0.05, 0.1) is 11.6 Å². The molecule has 3 aromatic rings. The number of carbonyl (C=O) groups excluding carboxylic acids is 1. The lowest BCUT2D eigenvalue weighted by atomic mass is 10.1. The van der Waals surface area contributed by atoms with E-state index in [1.807, 2.05) is 30.5 Å². The second kappa shape index (κ2) is 7.52. The van der Waals surface area contributed by atoms with Gasteiger partial charge in [0.2, 0.25) is 5.43 Å². The molecule has 1 atom stereocenters. The van der Waals surface area contributed by atoms with Crippen molar-refractivity contribution in [2.45, 2.75) is 26.4 Å². The Labute approximate surface area is 161 Å². The van der Waals surface area contributed by atoms with E-state index in [0.717, 1.165) is 11.1 Å². The summed E-state index contributed by atoms with van der Waals surface area (Å²) >= 11 is 11.9. The highest BCUT2D eigenvalue weighted by molar-refractivity contribution is 6.31. The molecule has 1 amide bonds. The summed E-state index contributed by atoms with van der Waals surface area (Å²) in [4.78, 5) is 25.5. The second-order valence-electron chi connectivity index (χ2n) is 6.07. The first-order valence-corrected chi connectivity index (χ1v) is 9.05. The molecule has 0 fully saturated rings. The summed E-state index contributed by atoms with van der Waals surface area (Å²) in [5, 5.41) is 4.40. The van der Waals surface area contributed by atoms with E-state index < -0.39 is 5.91 Å². The molecule has 0 spiro atoms. The van der Waals surface area contributed by atoms with Crippen molar-refractivity contribution in [3.05, 3.63) is 80.1 Å². The van der Waals surface area contributed by atoms with Crippen LogP contribution in [0.2, 0.25) is 10.0 Å². The van der Waals surface area contributed by atoms with Gasteiger partial charge in [0.1, 0.15) is 5.56 Å². The Bertz CT molecular complexity index is 1030. The van der Waals surface area contributed by atoms with Crippen LogP contribution in [-0.4, -0.2) is 10.5 Å². The Kier molecular flexibility index (Phi) is 5.35. The Hall–Kier alpha value is -2.30. The average Bonchev–Trinajstić information content (AvgIpc) is 2.62. The number of rotatable bonds is 4. The van der Waals surface area contributed by atoms with Gasteiger partial charge < -0.3 is 9.88 Å². The fourth-order valence-corrected chi connectivity index (χ4v) is 3.20. The van der Waals surface area contributed by atoms with Crippen molar-refractivity contribution in [2.75, 3.05) is 0 Å². The fraction of sp³-hybridized carbons (Fsp3) is 0.200. The lowest BCUT2D eigenvalue weighted by Gasteiger charge is -2.16. The molecule has 0 bridgehead atoms. The molecule has 0 saturated heterocycles. The number of fused-ring (bicyclic) bond motifs is 1. The van der Waals surface area contributed by atoms with Crippen molar-refractivity contribution >= 4 is 40.0 Å². The molecule has 1 heterocycles. The van der Waals surface area contributed by atoms with Gasteiger partial charge in [0.25, 0.3) is 5.91 Å². The third-order valence-electron chi connectivity index (χ3n) is 4.35. The number of aromatic nitrogens is 1. The van der Waals surface area contributed by atoms with E-state index in [9.17, 15) is 9.59 Å². The Morgan fingerprint density at radius 3 is 2.42 bits per heavy atom. The third kappa shape index (κ3) is 3.62. The molecule has 0 aliphatic carbocycles. The van der Waals surface area contributed by atoms with Crippen LogP contribution < -0.4 is 10.7 Å². The number of benzene rings is 2. The van der Waals surface area contributed by atoms with Crippen LogP contribution in [0.4, 0.5) is 0 Å². The molecular formula is C20H18Cl2N2O2. The molecule has 0 unspecified atom stereocenters. The number of aryl methyl sites for hydroxylation is 1. The molecule has 4 nitrogen and oxygen atoms in total. The first kappa shape index (κ1) is 18.5. The summed E-state index contributed by atoms with van der Waals surface area (Å²) in [7, 11) is 0. The maximum absolute atomic E-state index is 12.8. The highest BCUT2D eigenvalue weighted by Gasteiger charge is 2.18. The minimum absolute atomic E-state index is 0.0995. The molecule has 0 saturated carbocycles. The molecule has 3 rings (SSSR count). The number of nitrogens with zero attached hydrogens (tertiary/aromatic N) is 1. The minimum atomic E-state index is -0.415. The van der Waals surface area contributed by atoms with Gasteiger partial charge in [0, 0.05) is 28.2 Å². The van der Waals surface area contributed by atoms with Crippen molar-refractivity contribution < 1.29 is 4.79 Å². The number of hydrogen-bond donors (Lipinski definition) is 1. The van der Waals surface area contributed by atoms with Crippen molar-refractivity contribution in [3.63, 3.8) is 0 Å². The van der Waals surface area contributed by atoms with Gasteiger partial charge >= 0.3 is 0 Å². The number of amides is 1. The van der Waals surface area contributed by atoms with E-state index in [1.54, 1.807) is 36.5 Å². The number of halogens is 2. The number of pyridine rings is 1. The minimum Gasteiger partial charge on any atom is -0.347 e. The van der Waals surface area contributed by atoms with Crippen molar-refractivity contribution in [3.8, 4) is 0 Å². The lowest BCUT2D eigenvalue weighted by molar-refractivity contribution is 0.0938. The van der Waals surface area contributed by atoms with Crippen molar-refractivity contribution in [1.29, 1.82) is 0 Å². The monoisotopic (exact) mass is 388 g/mol. The van der Waals surface area contributed by atoms with E-state index in [-0.39, 0.29) is 17.0 Å². The zero-order chi connectivity index (χ0) is 18.8. The highest BCUT2D eigenvalue weighted by atomic mass is 35.5. The third-order valence-corrected chi connectivity index (χ3v) is 4.83. The molecule has 0 aliphatic heterocycles. The Morgan fingerprint density at radius 1 is 1.12 bits per heavy atom. The maximum atomic E-state index is 12.8. The SMILES string of the molecule is CCn1cc(C(=O)N[C@H](C)c2ccc(Cl)cc2)c(=O)c2cc(Cl)ccc21. The summed E-state index contributed by atoms with van der Waals surface area (Å²) in [6.45, 7) is 4.44. The zero-order valence-corrected chi connectivity index (χ0v) is 15.9. The molecule has 134 valence electrons. The first-order valence-electron chi connectivity index (χ1n) is 8.29. The van der Waals surface area contributed by atoms with Crippen molar-refractivity contribution in [2.24, 2.45) is 0 Å². The molecule has 0 radical (unpaired) electrons. The standard InChI is InChI=1S/C20H18Cl2N2O2/c1-3-24-11-17(19(25)16-10-15(22)8-9-18(16)24)20(26)23-12(2)13-4-6-14(21)7-5-13/h4-12H,3H2,1-2H3,(H,23,26)/t12-/m1/s1. The van der Waals surface area contributed by atoms with E-state index >= 15 is 0 Å². The summed E-state index contributed by atoms with van der Waals surface area (Å²) in [5.74, 6) is -0.415. The van der Waals surface area contributed by atoms with Gasteiger partial charge in [0.15, 0.2) is 0 Å². The maximum Gasteiger partial charge on any atom is 0.257 e. The van der Waals surface area contributed by atoms with Crippen LogP contribution in [0.3, 0.4) is 0 Å². The zero-order valence-electron chi connectivity index (χ0n) is 14.4. The smallest absolute Gasteiger partial charge is 0.257 e. The first-order chi connectivity index (χ1) is 12.4. The van der Waals surface area contributed by atoms with Crippen LogP contribution in [0.5, 0.6) is 0 Å². The Balaban J connectivity index is 1.98. The molecule has 1 N–H and O–H groups in total. The number of carbonyl (C=O) groups is 1. The van der Waals surface area contributed by atoms with Gasteiger partial charge in [-0.3, -0.25) is 9.59 Å². The van der Waals surface area contributed by atoms with E-state index in [4.69, 9.17) is 23.2 Å². The second-order valence-corrected chi connectivity index (χ2v) is 6.94. The van der Waals surface area contributed by atoms with Crippen LogP contribution in [0.1, 0.15) is 35.8 Å². The molecule has 2 aromatic carbocycles. The summed E-state index contributed by atoms with van der Waals surface area (Å²) in [5.41, 5.74) is 1.43.